The van der Waals surface area contributed by atoms with Gasteiger partial charge in [0.1, 0.15) is 5.52 Å². The third-order valence-electron chi connectivity index (χ3n) is 4.98. The molecular formula is C16H21N5O. The lowest BCUT2D eigenvalue weighted by Crippen LogP contribution is -2.51. The van der Waals surface area contributed by atoms with Crippen LogP contribution in [-0.2, 0) is 11.2 Å². The van der Waals surface area contributed by atoms with Crippen molar-refractivity contribution in [2.45, 2.75) is 31.3 Å². The number of fused-ring (bicyclic) bond motifs is 2. The van der Waals surface area contributed by atoms with Gasteiger partial charge >= 0.3 is 0 Å². The van der Waals surface area contributed by atoms with E-state index >= 15 is 0 Å². The number of nitrogens with two attached hydrogens (primary N) is 1. The number of benzene rings is 1. The summed E-state index contributed by atoms with van der Waals surface area (Å²) < 4.78 is 5.33. The number of aromatic nitrogens is 3. The van der Waals surface area contributed by atoms with Gasteiger partial charge in [0.15, 0.2) is 0 Å². The van der Waals surface area contributed by atoms with Crippen LogP contribution >= 0.6 is 0 Å². The van der Waals surface area contributed by atoms with E-state index < -0.39 is 0 Å². The Balaban J connectivity index is 1.48. The largest absolute Gasteiger partial charge is 0.379 e. The van der Waals surface area contributed by atoms with Crippen LogP contribution in [0, 0.1) is 0 Å². The Morgan fingerprint density at radius 1 is 1.27 bits per heavy atom. The highest BCUT2D eigenvalue weighted by Gasteiger charge is 2.29. The van der Waals surface area contributed by atoms with Crippen LogP contribution in [0.2, 0.25) is 0 Å². The molecule has 2 N–H and O–H groups in total. The normalized spacial score (nSPS) is 22.0. The Morgan fingerprint density at radius 2 is 2.14 bits per heavy atom. The van der Waals surface area contributed by atoms with Crippen LogP contribution in [0.1, 0.15) is 29.9 Å². The van der Waals surface area contributed by atoms with Crippen LogP contribution in [0.15, 0.2) is 12.1 Å². The molecule has 0 amide bonds. The molecule has 0 bridgehead atoms. The molecule has 0 saturated carbocycles. The summed E-state index contributed by atoms with van der Waals surface area (Å²) >= 11 is 0. The molecule has 116 valence electrons. The van der Waals surface area contributed by atoms with Gasteiger partial charge in [-0.25, -0.2) is 4.98 Å². The Labute approximate surface area is 129 Å². The van der Waals surface area contributed by atoms with E-state index in [2.05, 4.69) is 32.2 Å². The predicted molar refractivity (Wildman–Crippen MR) is 84.7 cm³/mol. The predicted octanol–water partition coefficient (Wildman–Crippen LogP) is 1.36. The minimum Gasteiger partial charge on any atom is -0.379 e. The van der Waals surface area contributed by atoms with E-state index in [1.807, 2.05) is 0 Å². The summed E-state index contributed by atoms with van der Waals surface area (Å²) in [6.07, 6.45) is 3.98. The van der Waals surface area contributed by atoms with E-state index in [-0.39, 0.29) is 5.95 Å². The number of nitrogen functional groups attached to an aromatic ring is 1. The average Bonchev–Trinajstić information content (AvgIpc) is 2.86. The van der Waals surface area contributed by atoms with Crippen LogP contribution in [0.25, 0.3) is 11.0 Å². The number of nitrogens with zero attached hydrogens (tertiary/aromatic N) is 4. The molecule has 1 aliphatic heterocycles. The topological polar surface area (TPSA) is 77.2 Å². The van der Waals surface area contributed by atoms with Crippen LogP contribution in [0.5, 0.6) is 0 Å². The highest BCUT2D eigenvalue weighted by Crippen LogP contribution is 2.37. The highest BCUT2D eigenvalue weighted by atomic mass is 16.5. The van der Waals surface area contributed by atoms with Crippen molar-refractivity contribution >= 4 is 17.0 Å². The maximum Gasteiger partial charge on any atom is 0.240 e. The lowest BCUT2D eigenvalue weighted by atomic mass is 9.96. The Bertz CT molecular complexity index is 698. The molecule has 1 aromatic carbocycles. The molecule has 2 aromatic rings. The number of aryl methyl sites for hydroxylation is 1. The molecule has 1 atom stereocenters. The molecule has 6 nitrogen and oxygen atoms in total. The second kappa shape index (κ2) is 5.44. The number of hydrogen-bond acceptors (Lipinski definition) is 6. The molecule has 1 aliphatic carbocycles. The van der Waals surface area contributed by atoms with E-state index in [1.54, 1.807) is 7.11 Å². The van der Waals surface area contributed by atoms with E-state index in [0.29, 0.717) is 12.0 Å². The average molecular weight is 299 g/mol. The van der Waals surface area contributed by atoms with Gasteiger partial charge in [0.2, 0.25) is 5.95 Å². The number of ether oxygens (including phenoxy) is 1. The van der Waals surface area contributed by atoms with Gasteiger partial charge in [-0.1, -0.05) is 0 Å². The minimum absolute atomic E-state index is 0.243. The first-order valence-electron chi connectivity index (χ1n) is 7.91. The summed E-state index contributed by atoms with van der Waals surface area (Å²) in [4.78, 5) is 6.74. The van der Waals surface area contributed by atoms with Crippen LogP contribution in [0.3, 0.4) is 0 Å². The summed E-state index contributed by atoms with van der Waals surface area (Å²) in [6.45, 7) is 3.29. The first-order chi connectivity index (χ1) is 10.7. The quantitative estimate of drug-likeness (QED) is 0.918. The molecule has 4 rings (SSSR count). The van der Waals surface area contributed by atoms with Crippen molar-refractivity contribution in [3.63, 3.8) is 0 Å². The zero-order chi connectivity index (χ0) is 15.1. The van der Waals surface area contributed by atoms with Crippen molar-refractivity contribution in [3.8, 4) is 0 Å². The summed E-state index contributed by atoms with van der Waals surface area (Å²) in [5.41, 5.74) is 10.2. The molecule has 1 unspecified atom stereocenters. The van der Waals surface area contributed by atoms with Crippen LogP contribution in [0.4, 0.5) is 5.95 Å². The standard InChI is InChI=1S/C16H21N5O/c1-22-12-8-21(9-12)5-4-10-2-3-11-6-14-15(7-13(10)11)19-20-16(17)18-14/h6-7,10,12H,2-5,8-9H2,1H3,(H2,17,18,20). The smallest absolute Gasteiger partial charge is 0.240 e. The number of hydrogen-bond donors (Lipinski definition) is 1. The zero-order valence-electron chi connectivity index (χ0n) is 12.8. The molecule has 1 fully saturated rings. The fourth-order valence-electron chi connectivity index (χ4n) is 3.63. The number of rotatable bonds is 4. The zero-order valence-corrected chi connectivity index (χ0v) is 12.8. The molecule has 0 spiro atoms. The third-order valence-corrected chi connectivity index (χ3v) is 4.98. The van der Waals surface area contributed by atoms with Gasteiger partial charge in [-0.2, -0.15) is 0 Å². The van der Waals surface area contributed by atoms with Crippen molar-refractivity contribution in [1.29, 1.82) is 0 Å². The summed E-state index contributed by atoms with van der Waals surface area (Å²) in [5, 5.41) is 8.04. The van der Waals surface area contributed by atoms with Crippen LogP contribution in [-0.4, -0.2) is 52.9 Å². The van der Waals surface area contributed by atoms with Gasteiger partial charge in [-0.15, -0.1) is 10.2 Å². The summed E-state index contributed by atoms with van der Waals surface area (Å²) in [5.74, 6) is 0.868. The monoisotopic (exact) mass is 299 g/mol. The van der Waals surface area contributed by atoms with E-state index in [1.165, 1.54) is 24.0 Å². The molecular weight excluding hydrogens is 278 g/mol. The number of methoxy groups -OCH3 is 1. The highest BCUT2D eigenvalue weighted by molar-refractivity contribution is 5.77. The van der Waals surface area contributed by atoms with Crippen molar-refractivity contribution in [3.05, 3.63) is 23.3 Å². The first-order valence-corrected chi connectivity index (χ1v) is 7.91. The van der Waals surface area contributed by atoms with Gasteiger partial charge in [-0.3, -0.25) is 4.90 Å². The summed E-state index contributed by atoms with van der Waals surface area (Å²) in [7, 11) is 1.79. The van der Waals surface area contributed by atoms with Crippen molar-refractivity contribution in [1.82, 2.24) is 20.1 Å². The van der Waals surface area contributed by atoms with Gasteiger partial charge in [0.05, 0.1) is 11.6 Å². The number of likely N-dealkylation sites (tertiary alicyclic amines) is 1. The molecule has 2 aliphatic rings. The van der Waals surface area contributed by atoms with Crippen molar-refractivity contribution in [2.75, 3.05) is 32.5 Å². The second-order valence-corrected chi connectivity index (χ2v) is 6.35. The fraction of sp³-hybridized carbons (Fsp3) is 0.562. The molecule has 22 heavy (non-hydrogen) atoms. The number of anilines is 1. The SMILES string of the molecule is COC1CN(CCC2CCc3cc4nc(N)nnc4cc32)C1. The van der Waals surface area contributed by atoms with E-state index in [4.69, 9.17) is 10.5 Å². The lowest BCUT2D eigenvalue weighted by Gasteiger charge is -2.38. The summed E-state index contributed by atoms with van der Waals surface area (Å²) in [6, 6.07) is 4.30. The molecule has 1 aromatic heterocycles. The minimum atomic E-state index is 0.243. The fourth-order valence-corrected chi connectivity index (χ4v) is 3.63. The molecule has 0 radical (unpaired) electrons. The third kappa shape index (κ3) is 2.42. The lowest BCUT2D eigenvalue weighted by molar-refractivity contribution is -0.0301. The Morgan fingerprint density at radius 3 is 2.95 bits per heavy atom. The molecule has 2 heterocycles. The van der Waals surface area contributed by atoms with Gasteiger partial charge in [-0.05, 0) is 55.0 Å². The Kier molecular flexibility index (Phi) is 3.43. The second-order valence-electron chi connectivity index (χ2n) is 6.35. The van der Waals surface area contributed by atoms with Crippen molar-refractivity contribution in [2.24, 2.45) is 0 Å². The maximum absolute atomic E-state index is 5.62. The van der Waals surface area contributed by atoms with E-state index in [0.717, 1.165) is 37.1 Å². The maximum atomic E-state index is 5.62. The van der Waals surface area contributed by atoms with Gasteiger partial charge < -0.3 is 10.5 Å². The van der Waals surface area contributed by atoms with Crippen molar-refractivity contribution < 1.29 is 4.74 Å². The Hall–Kier alpha value is -1.79. The van der Waals surface area contributed by atoms with E-state index in [9.17, 15) is 0 Å². The van der Waals surface area contributed by atoms with Gasteiger partial charge in [0.25, 0.3) is 0 Å². The molecule has 6 heteroatoms. The van der Waals surface area contributed by atoms with Crippen LogP contribution < -0.4 is 5.73 Å². The van der Waals surface area contributed by atoms with Gasteiger partial charge in [0, 0.05) is 20.2 Å². The molecule has 1 saturated heterocycles. The first kappa shape index (κ1) is 13.8.